The standard InChI is InChI=1S/C9H12FNO2S/c1-9(2,12)6-3-4-8(14(11)13)7(10)5-6/h3-5,12H,11H2,1-2H3. The van der Waals surface area contributed by atoms with Crippen molar-refractivity contribution in [3.8, 4) is 0 Å². The molecular weight excluding hydrogens is 205 g/mol. The first-order valence-electron chi connectivity index (χ1n) is 4.01. The molecule has 1 aromatic rings. The Morgan fingerprint density at radius 2 is 2.07 bits per heavy atom. The van der Waals surface area contributed by atoms with Gasteiger partial charge in [0, 0.05) is 0 Å². The number of rotatable bonds is 2. The van der Waals surface area contributed by atoms with Crippen LogP contribution in [0.15, 0.2) is 23.1 Å². The van der Waals surface area contributed by atoms with Crippen molar-refractivity contribution in [3.63, 3.8) is 0 Å². The minimum absolute atomic E-state index is 0.0574. The van der Waals surface area contributed by atoms with Crippen LogP contribution < -0.4 is 5.14 Å². The minimum atomic E-state index is -1.83. The predicted molar refractivity (Wildman–Crippen MR) is 52.2 cm³/mol. The second-order valence-corrected chi connectivity index (χ2v) is 4.54. The van der Waals surface area contributed by atoms with E-state index < -0.39 is 22.8 Å². The van der Waals surface area contributed by atoms with Gasteiger partial charge in [0.1, 0.15) is 0 Å². The topological polar surface area (TPSA) is 69.3 Å². The lowest BCUT2D eigenvalue weighted by molar-refractivity contribution is 0.0781. The molecule has 0 radical (unpaired) electrons. The fraction of sp³-hybridized carbons (Fsp3) is 0.333. The highest BCUT2D eigenvalue weighted by Gasteiger charge is 2.20. The maximum absolute atomic E-state index is 13.2. The van der Waals surface area contributed by atoms with E-state index in [4.69, 9.17) is 5.14 Å². The van der Waals surface area contributed by atoms with Crippen molar-refractivity contribution in [3.05, 3.63) is 29.6 Å². The SMILES string of the molecule is CC(C)(O)c1ccc([S+](N)[O-])c(F)c1. The highest BCUT2D eigenvalue weighted by Crippen LogP contribution is 2.23. The molecule has 0 saturated heterocycles. The normalized spacial score (nSPS) is 14.1. The summed E-state index contributed by atoms with van der Waals surface area (Å²) in [5.74, 6) is -0.662. The summed E-state index contributed by atoms with van der Waals surface area (Å²) in [7, 11) is 0. The van der Waals surface area contributed by atoms with Gasteiger partial charge < -0.3 is 9.66 Å². The second-order valence-electron chi connectivity index (χ2n) is 3.50. The number of benzene rings is 1. The monoisotopic (exact) mass is 217 g/mol. The molecule has 1 atom stereocenters. The van der Waals surface area contributed by atoms with Crippen molar-refractivity contribution in [2.24, 2.45) is 5.14 Å². The summed E-state index contributed by atoms with van der Waals surface area (Å²) in [5, 5.41) is 14.6. The molecule has 0 heterocycles. The first kappa shape index (κ1) is 11.5. The lowest BCUT2D eigenvalue weighted by Gasteiger charge is -2.18. The van der Waals surface area contributed by atoms with Crippen LogP contribution in [0.5, 0.6) is 0 Å². The van der Waals surface area contributed by atoms with E-state index in [1.54, 1.807) is 13.8 Å². The zero-order valence-electron chi connectivity index (χ0n) is 7.95. The zero-order valence-corrected chi connectivity index (χ0v) is 8.77. The lowest BCUT2D eigenvalue weighted by atomic mass is 9.99. The molecule has 1 aromatic carbocycles. The van der Waals surface area contributed by atoms with Gasteiger partial charge in [0.15, 0.2) is 5.82 Å². The van der Waals surface area contributed by atoms with Crippen molar-refractivity contribution in [1.29, 1.82) is 0 Å². The molecule has 14 heavy (non-hydrogen) atoms. The summed E-state index contributed by atoms with van der Waals surface area (Å²) in [6.07, 6.45) is 0. The molecule has 0 fully saturated rings. The average Bonchev–Trinajstić information content (AvgIpc) is 2.01. The molecule has 1 unspecified atom stereocenters. The quantitative estimate of drug-likeness (QED) is 0.727. The summed E-state index contributed by atoms with van der Waals surface area (Å²) in [6, 6.07) is 3.96. The van der Waals surface area contributed by atoms with Crippen molar-refractivity contribution >= 4 is 11.4 Å². The van der Waals surface area contributed by atoms with Gasteiger partial charge >= 0.3 is 0 Å². The number of halogens is 1. The molecule has 0 aliphatic rings. The smallest absolute Gasteiger partial charge is 0.209 e. The second kappa shape index (κ2) is 3.86. The molecule has 0 aromatic heterocycles. The lowest BCUT2D eigenvalue weighted by Crippen LogP contribution is -2.18. The van der Waals surface area contributed by atoms with Crippen LogP contribution in [0.4, 0.5) is 4.39 Å². The van der Waals surface area contributed by atoms with Gasteiger partial charge in [-0.2, -0.15) is 0 Å². The van der Waals surface area contributed by atoms with E-state index in [1.807, 2.05) is 0 Å². The third-order valence-electron chi connectivity index (χ3n) is 1.86. The molecular formula is C9H12FNO2S. The van der Waals surface area contributed by atoms with E-state index in [0.29, 0.717) is 5.56 Å². The van der Waals surface area contributed by atoms with Gasteiger partial charge in [-0.3, -0.25) is 0 Å². The van der Waals surface area contributed by atoms with Crippen molar-refractivity contribution in [2.75, 3.05) is 0 Å². The number of hydrogen-bond acceptors (Lipinski definition) is 3. The third-order valence-corrected chi connectivity index (χ3v) is 2.62. The molecule has 1 rings (SSSR count). The van der Waals surface area contributed by atoms with Gasteiger partial charge in [0.05, 0.1) is 17.0 Å². The highest BCUT2D eigenvalue weighted by molar-refractivity contribution is 7.89. The van der Waals surface area contributed by atoms with E-state index in [-0.39, 0.29) is 4.90 Å². The molecule has 0 aliphatic heterocycles. The molecule has 5 heteroatoms. The zero-order chi connectivity index (χ0) is 10.9. The van der Waals surface area contributed by atoms with E-state index in [9.17, 15) is 14.0 Å². The molecule has 0 spiro atoms. The van der Waals surface area contributed by atoms with Crippen LogP contribution in [0.1, 0.15) is 19.4 Å². The molecule has 3 nitrogen and oxygen atoms in total. The fourth-order valence-corrected chi connectivity index (χ4v) is 1.50. The van der Waals surface area contributed by atoms with E-state index in [1.165, 1.54) is 12.1 Å². The minimum Gasteiger partial charge on any atom is -0.593 e. The summed E-state index contributed by atoms with van der Waals surface area (Å²) in [4.78, 5) is -0.0574. The molecule has 0 aliphatic carbocycles. The molecule has 0 bridgehead atoms. The Morgan fingerprint density at radius 3 is 2.43 bits per heavy atom. The summed E-state index contributed by atoms with van der Waals surface area (Å²) in [6.45, 7) is 3.09. The Kier molecular flexibility index (Phi) is 3.16. The predicted octanol–water partition coefficient (Wildman–Crippen LogP) is 1.03. The summed E-state index contributed by atoms with van der Waals surface area (Å²) in [5.41, 5.74) is -0.695. The molecule has 0 amide bonds. The maximum Gasteiger partial charge on any atom is 0.209 e. The van der Waals surface area contributed by atoms with Crippen LogP contribution in [0.3, 0.4) is 0 Å². The van der Waals surface area contributed by atoms with Crippen molar-refractivity contribution < 1.29 is 14.0 Å². The summed E-state index contributed by atoms with van der Waals surface area (Å²) >= 11 is -1.83. The average molecular weight is 217 g/mol. The Hall–Kier alpha value is -0.620. The number of hydrogen-bond donors (Lipinski definition) is 2. The first-order chi connectivity index (χ1) is 6.32. The van der Waals surface area contributed by atoms with Gasteiger partial charge in [-0.05, 0) is 31.5 Å². The molecule has 0 saturated carbocycles. The Balaban J connectivity index is 3.13. The van der Waals surface area contributed by atoms with Crippen molar-refractivity contribution in [1.82, 2.24) is 0 Å². The fourth-order valence-electron chi connectivity index (χ4n) is 1.04. The number of nitrogens with two attached hydrogens (primary N) is 1. The van der Waals surface area contributed by atoms with Gasteiger partial charge in [0.25, 0.3) is 0 Å². The highest BCUT2D eigenvalue weighted by atomic mass is 32.2. The Labute approximate surface area is 85.1 Å². The van der Waals surface area contributed by atoms with Gasteiger partial charge in [-0.25, -0.2) is 4.39 Å². The van der Waals surface area contributed by atoms with E-state index in [2.05, 4.69) is 0 Å². The van der Waals surface area contributed by atoms with Crippen LogP contribution in [0.2, 0.25) is 0 Å². The van der Waals surface area contributed by atoms with Crippen LogP contribution in [-0.2, 0) is 17.0 Å². The Morgan fingerprint density at radius 1 is 1.50 bits per heavy atom. The maximum atomic E-state index is 13.2. The van der Waals surface area contributed by atoms with Crippen LogP contribution in [-0.4, -0.2) is 9.66 Å². The van der Waals surface area contributed by atoms with Crippen LogP contribution in [0.25, 0.3) is 0 Å². The largest absolute Gasteiger partial charge is 0.593 e. The third kappa shape index (κ3) is 2.45. The number of aliphatic hydroxyl groups is 1. The van der Waals surface area contributed by atoms with Gasteiger partial charge in [-0.15, -0.1) is 5.14 Å². The van der Waals surface area contributed by atoms with Gasteiger partial charge in [0.2, 0.25) is 4.90 Å². The Bertz CT molecular complexity index is 336. The van der Waals surface area contributed by atoms with Crippen LogP contribution in [0, 0.1) is 5.82 Å². The van der Waals surface area contributed by atoms with E-state index >= 15 is 0 Å². The van der Waals surface area contributed by atoms with Crippen molar-refractivity contribution in [2.45, 2.75) is 24.3 Å². The first-order valence-corrected chi connectivity index (χ1v) is 5.22. The molecule has 78 valence electrons. The van der Waals surface area contributed by atoms with Gasteiger partial charge in [-0.1, -0.05) is 6.07 Å². The van der Waals surface area contributed by atoms with Crippen LogP contribution >= 0.6 is 0 Å². The summed E-state index contributed by atoms with van der Waals surface area (Å²) < 4.78 is 24.1. The molecule has 3 N–H and O–H groups in total. The van der Waals surface area contributed by atoms with E-state index in [0.717, 1.165) is 6.07 Å².